The maximum atomic E-state index is 11.9. The summed E-state index contributed by atoms with van der Waals surface area (Å²) in [6, 6.07) is 16.1. The second-order valence-electron chi connectivity index (χ2n) is 4.47. The van der Waals surface area contributed by atoms with Crippen LogP contribution in [0.1, 0.15) is 10.4 Å². The van der Waals surface area contributed by atoms with Gasteiger partial charge in [-0.15, -0.1) is 0 Å². The van der Waals surface area contributed by atoms with Crippen LogP contribution in [0.15, 0.2) is 53.5 Å². The van der Waals surface area contributed by atoms with E-state index in [1.54, 1.807) is 0 Å². The Kier molecular flexibility index (Phi) is 1.73. The van der Waals surface area contributed by atoms with E-state index in [1.807, 2.05) is 36.4 Å². The second-order valence-corrected chi connectivity index (χ2v) is 4.47. The molecule has 0 saturated heterocycles. The highest BCUT2D eigenvalue weighted by molar-refractivity contribution is 6.42. The van der Waals surface area contributed by atoms with Crippen molar-refractivity contribution in [3.05, 3.63) is 54.1 Å². The topological polar surface area (TPSA) is 29.4 Å². The van der Waals surface area contributed by atoms with E-state index in [1.165, 1.54) is 6.21 Å². The number of rotatable bonds is 0. The van der Waals surface area contributed by atoms with Crippen LogP contribution in [0.25, 0.3) is 21.5 Å². The van der Waals surface area contributed by atoms with Gasteiger partial charge in [-0.3, -0.25) is 9.79 Å². The fourth-order valence-corrected chi connectivity index (χ4v) is 2.63. The fourth-order valence-electron chi connectivity index (χ4n) is 2.63. The van der Waals surface area contributed by atoms with Gasteiger partial charge in [-0.1, -0.05) is 42.5 Å². The molecule has 0 unspecified atom stereocenters. The molecule has 1 aliphatic heterocycles. The standard InChI is InChI=1S/C16H9NO/c18-14-9-17-16-12-6-2-1-4-10(12)8-11-5-3-7-13(14)15(11)16/h1-9H. The lowest BCUT2D eigenvalue weighted by molar-refractivity contribution is 0.107. The Morgan fingerprint density at radius 1 is 0.889 bits per heavy atom. The monoisotopic (exact) mass is 231 g/mol. The summed E-state index contributed by atoms with van der Waals surface area (Å²) in [7, 11) is 0. The summed E-state index contributed by atoms with van der Waals surface area (Å²) < 4.78 is 0. The molecule has 2 heteroatoms. The number of nitrogens with zero attached hydrogens (tertiary/aromatic N) is 1. The molecular weight excluding hydrogens is 222 g/mol. The maximum Gasteiger partial charge on any atom is 0.204 e. The first kappa shape index (κ1) is 9.54. The van der Waals surface area contributed by atoms with Crippen molar-refractivity contribution in [3.8, 4) is 0 Å². The normalized spacial score (nSPS) is 13.4. The Bertz CT molecular complexity index is 846. The number of aliphatic imine (C=N–C) groups is 1. The van der Waals surface area contributed by atoms with Gasteiger partial charge >= 0.3 is 0 Å². The van der Waals surface area contributed by atoms with Crippen molar-refractivity contribution in [3.63, 3.8) is 0 Å². The van der Waals surface area contributed by atoms with Crippen molar-refractivity contribution in [2.24, 2.45) is 4.99 Å². The van der Waals surface area contributed by atoms with Gasteiger partial charge in [0.2, 0.25) is 5.78 Å². The predicted octanol–water partition coefficient (Wildman–Crippen LogP) is 3.89. The van der Waals surface area contributed by atoms with Crippen LogP contribution in [-0.4, -0.2) is 12.0 Å². The number of carbonyl (C=O) groups excluding carboxylic acids is 1. The van der Waals surface area contributed by atoms with Crippen LogP contribution < -0.4 is 0 Å². The van der Waals surface area contributed by atoms with Crippen LogP contribution in [0.3, 0.4) is 0 Å². The molecule has 0 N–H and O–H groups in total. The maximum absolute atomic E-state index is 11.9. The lowest BCUT2D eigenvalue weighted by Crippen LogP contribution is -2.05. The molecule has 2 nitrogen and oxygen atoms in total. The molecule has 0 radical (unpaired) electrons. The summed E-state index contributed by atoms with van der Waals surface area (Å²) in [6.07, 6.45) is 1.42. The summed E-state index contributed by atoms with van der Waals surface area (Å²) in [5.74, 6) is -0.0108. The minimum Gasteiger partial charge on any atom is -0.288 e. The molecule has 0 saturated carbocycles. The molecule has 0 aromatic heterocycles. The van der Waals surface area contributed by atoms with E-state index < -0.39 is 0 Å². The van der Waals surface area contributed by atoms with Gasteiger partial charge in [-0.05, 0) is 16.8 Å². The van der Waals surface area contributed by atoms with Gasteiger partial charge in [-0.25, -0.2) is 0 Å². The van der Waals surface area contributed by atoms with Crippen LogP contribution >= 0.6 is 0 Å². The SMILES string of the molecule is O=C1C=Nc2c3ccccc3cc3cccc1c23. The number of ketones is 1. The first-order valence-electron chi connectivity index (χ1n) is 5.87. The van der Waals surface area contributed by atoms with E-state index >= 15 is 0 Å². The molecule has 0 bridgehead atoms. The zero-order valence-corrected chi connectivity index (χ0v) is 9.55. The zero-order valence-electron chi connectivity index (χ0n) is 9.55. The molecule has 0 spiro atoms. The number of Topliss-reactive ketones (excluding diaryl/α,β-unsaturated/α-hetero) is 1. The van der Waals surface area contributed by atoms with E-state index in [9.17, 15) is 4.79 Å². The summed E-state index contributed by atoms with van der Waals surface area (Å²) in [6.45, 7) is 0. The van der Waals surface area contributed by atoms with E-state index in [2.05, 4.69) is 17.1 Å². The fraction of sp³-hybridized carbons (Fsp3) is 0. The van der Waals surface area contributed by atoms with Gasteiger partial charge in [-0.2, -0.15) is 0 Å². The molecule has 18 heavy (non-hydrogen) atoms. The number of hydrogen-bond donors (Lipinski definition) is 0. The van der Waals surface area contributed by atoms with Crippen LogP contribution in [0.4, 0.5) is 5.69 Å². The molecule has 4 rings (SSSR count). The van der Waals surface area contributed by atoms with Crippen molar-refractivity contribution < 1.29 is 4.79 Å². The average molecular weight is 231 g/mol. The Labute approximate surface area is 104 Å². The Morgan fingerprint density at radius 3 is 2.67 bits per heavy atom. The number of benzene rings is 3. The molecule has 3 aromatic carbocycles. The van der Waals surface area contributed by atoms with Gasteiger partial charge < -0.3 is 0 Å². The third kappa shape index (κ3) is 1.12. The highest BCUT2D eigenvalue weighted by atomic mass is 16.1. The smallest absolute Gasteiger partial charge is 0.204 e. The van der Waals surface area contributed by atoms with Gasteiger partial charge in [0.25, 0.3) is 0 Å². The molecule has 0 atom stereocenters. The summed E-state index contributed by atoms with van der Waals surface area (Å²) >= 11 is 0. The lowest BCUT2D eigenvalue weighted by atomic mass is 9.94. The van der Waals surface area contributed by atoms with Gasteiger partial charge in [0, 0.05) is 16.3 Å². The highest BCUT2D eigenvalue weighted by Gasteiger charge is 2.17. The molecular formula is C16H9NO. The van der Waals surface area contributed by atoms with E-state index in [0.717, 1.165) is 32.8 Å². The molecule has 1 heterocycles. The number of carbonyl (C=O) groups is 1. The third-order valence-electron chi connectivity index (χ3n) is 3.44. The quantitative estimate of drug-likeness (QED) is 0.540. The largest absolute Gasteiger partial charge is 0.288 e. The van der Waals surface area contributed by atoms with Crippen molar-refractivity contribution in [1.29, 1.82) is 0 Å². The molecule has 0 aliphatic carbocycles. The molecule has 0 fully saturated rings. The third-order valence-corrected chi connectivity index (χ3v) is 3.44. The van der Waals surface area contributed by atoms with Crippen molar-refractivity contribution in [1.82, 2.24) is 0 Å². The van der Waals surface area contributed by atoms with Crippen molar-refractivity contribution in [2.75, 3.05) is 0 Å². The second kappa shape index (κ2) is 3.26. The van der Waals surface area contributed by atoms with E-state index in [4.69, 9.17) is 0 Å². The van der Waals surface area contributed by atoms with Crippen molar-refractivity contribution >= 4 is 39.2 Å². The molecule has 0 amide bonds. The van der Waals surface area contributed by atoms with Crippen LogP contribution in [-0.2, 0) is 0 Å². The van der Waals surface area contributed by atoms with Gasteiger partial charge in [0.1, 0.15) is 0 Å². The van der Waals surface area contributed by atoms with Gasteiger partial charge in [0.05, 0.1) is 11.9 Å². The van der Waals surface area contributed by atoms with E-state index in [-0.39, 0.29) is 5.78 Å². The lowest BCUT2D eigenvalue weighted by Gasteiger charge is -2.13. The number of hydrogen-bond acceptors (Lipinski definition) is 2. The highest BCUT2D eigenvalue weighted by Crippen LogP contribution is 2.38. The minimum atomic E-state index is -0.0108. The number of fused-ring (bicyclic) bond motifs is 2. The minimum absolute atomic E-state index is 0.0108. The van der Waals surface area contributed by atoms with Crippen molar-refractivity contribution in [2.45, 2.75) is 0 Å². The van der Waals surface area contributed by atoms with Crippen LogP contribution in [0.5, 0.6) is 0 Å². The molecule has 1 aliphatic rings. The molecule has 84 valence electrons. The summed E-state index contributed by atoms with van der Waals surface area (Å²) in [4.78, 5) is 16.2. The van der Waals surface area contributed by atoms with Gasteiger partial charge in [0.15, 0.2) is 0 Å². The predicted molar refractivity (Wildman–Crippen MR) is 73.9 cm³/mol. The first-order valence-corrected chi connectivity index (χ1v) is 5.87. The summed E-state index contributed by atoms with van der Waals surface area (Å²) in [5.41, 5.74) is 1.67. The first-order chi connectivity index (χ1) is 8.84. The Balaban J connectivity index is 2.34. The average Bonchev–Trinajstić information content (AvgIpc) is 2.42. The zero-order chi connectivity index (χ0) is 12.1. The Hall–Kier alpha value is -2.48. The van der Waals surface area contributed by atoms with Crippen LogP contribution in [0, 0.1) is 0 Å². The molecule has 3 aromatic rings. The van der Waals surface area contributed by atoms with E-state index in [0.29, 0.717) is 0 Å². The summed E-state index contributed by atoms with van der Waals surface area (Å²) in [5, 5.41) is 4.31. The van der Waals surface area contributed by atoms with Crippen LogP contribution in [0.2, 0.25) is 0 Å². The Morgan fingerprint density at radius 2 is 1.72 bits per heavy atom.